The molecule has 1 heterocycles. The molecule has 0 aliphatic heterocycles. The van der Waals surface area contributed by atoms with Gasteiger partial charge in [0, 0.05) is 12.8 Å². The highest BCUT2D eigenvalue weighted by molar-refractivity contribution is 7.17. The van der Waals surface area contributed by atoms with Gasteiger partial charge in [-0.1, -0.05) is 17.4 Å². The van der Waals surface area contributed by atoms with Crippen LogP contribution in [0.25, 0.3) is 0 Å². The molecule has 124 valence electrons. The smallest absolute Gasteiger partial charge is 0.307 e. The fourth-order valence-corrected chi connectivity index (χ4v) is 3.34. The Balaban J connectivity index is 1.84. The maximum absolute atomic E-state index is 13.6. The van der Waals surface area contributed by atoms with Crippen LogP contribution in [0.15, 0.2) is 18.2 Å². The molecule has 1 amide bonds. The Morgan fingerprint density at radius 3 is 2.75 bits per heavy atom. The van der Waals surface area contributed by atoms with E-state index in [9.17, 15) is 23.2 Å². The molecule has 1 aromatic heterocycles. The monoisotopic (exact) mass is 352 g/mol. The number of carbonyl (C=O) groups excluding carboxylic acids is 2. The molecule has 24 heavy (non-hydrogen) atoms. The van der Waals surface area contributed by atoms with Gasteiger partial charge in [0.1, 0.15) is 0 Å². The first kappa shape index (κ1) is 16.2. The quantitative estimate of drug-likeness (QED) is 0.885. The summed E-state index contributed by atoms with van der Waals surface area (Å²) in [6.45, 7) is 0. The summed E-state index contributed by atoms with van der Waals surface area (Å²) in [5.74, 6) is -5.64. The molecular weight excluding hydrogens is 342 g/mol. The van der Waals surface area contributed by atoms with Crippen molar-refractivity contribution in [3.63, 3.8) is 0 Å². The van der Waals surface area contributed by atoms with E-state index in [2.05, 4.69) is 10.3 Å². The molecule has 0 saturated carbocycles. The molecule has 2 aromatic rings. The van der Waals surface area contributed by atoms with Crippen molar-refractivity contribution in [1.29, 1.82) is 0 Å². The molecule has 1 atom stereocenters. The predicted molar refractivity (Wildman–Crippen MR) is 80.2 cm³/mol. The number of Topliss-reactive ketones (excluding diaryl/α,β-unsaturated/α-hetero) is 1. The van der Waals surface area contributed by atoms with Gasteiger partial charge in [0.25, 0.3) is 5.91 Å². The average molecular weight is 352 g/mol. The first-order valence-electron chi connectivity index (χ1n) is 6.88. The highest BCUT2D eigenvalue weighted by Crippen LogP contribution is 2.32. The number of aromatic nitrogens is 1. The molecule has 1 aliphatic carbocycles. The molecule has 0 bridgehead atoms. The van der Waals surface area contributed by atoms with Crippen LogP contribution >= 0.6 is 11.3 Å². The molecule has 3 rings (SSSR count). The summed E-state index contributed by atoms with van der Waals surface area (Å²) in [4.78, 5) is 39.3. The van der Waals surface area contributed by atoms with Crippen LogP contribution in [0.2, 0.25) is 0 Å². The number of fused-ring (bicyclic) bond motifs is 1. The summed E-state index contributed by atoms with van der Waals surface area (Å²) in [6.07, 6.45) is -0.0481. The van der Waals surface area contributed by atoms with Crippen LogP contribution in [-0.4, -0.2) is 27.8 Å². The van der Waals surface area contributed by atoms with E-state index >= 15 is 0 Å². The van der Waals surface area contributed by atoms with Gasteiger partial charge < -0.3 is 5.11 Å². The van der Waals surface area contributed by atoms with Gasteiger partial charge in [-0.15, -0.1) is 0 Å². The third kappa shape index (κ3) is 2.90. The number of anilines is 1. The van der Waals surface area contributed by atoms with Crippen LogP contribution in [0.1, 0.15) is 32.1 Å². The van der Waals surface area contributed by atoms with Crippen LogP contribution in [0.3, 0.4) is 0 Å². The molecule has 1 aromatic carbocycles. The minimum Gasteiger partial charge on any atom is -0.481 e. The van der Waals surface area contributed by atoms with Crippen molar-refractivity contribution in [1.82, 2.24) is 4.98 Å². The molecule has 6 nitrogen and oxygen atoms in total. The van der Waals surface area contributed by atoms with Gasteiger partial charge in [-0.05, 0) is 12.1 Å². The molecule has 0 radical (unpaired) electrons. The van der Waals surface area contributed by atoms with E-state index in [1.54, 1.807) is 0 Å². The molecule has 2 N–H and O–H groups in total. The fraction of sp³-hybridized carbons (Fsp3) is 0.200. The zero-order chi connectivity index (χ0) is 17.4. The third-order valence-corrected chi connectivity index (χ3v) is 4.64. The summed E-state index contributed by atoms with van der Waals surface area (Å²) in [5, 5.41) is 11.4. The summed E-state index contributed by atoms with van der Waals surface area (Å²) in [7, 11) is 0. The topological polar surface area (TPSA) is 96.4 Å². The molecule has 9 heteroatoms. The summed E-state index contributed by atoms with van der Waals surface area (Å²) < 4.78 is 26.8. The lowest BCUT2D eigenvalue weighted by Gasteiger charge is -2.15. The number of benzene rings is 1. The van der Waals surface area contributed by atoms with Gasteiger partial charge in [0.15, 0.2) is 22.5 Å². The molecule has 0 saturated heterocycles. The standard InChI is InChI=1S/C15H10F2N2O4S/c16-8-3-1-2-7(11(8)17)13(21)19-15-18-9-4-6(14(22)23)5-10(20)12(9)24-15/h1-3,6H,4-5H2,(H,22,23)(H,18,19,21)/t6-/m1/s1. The number of nitrogens with zero attached hydrogens (tertiary/aromatic N) is 1. The maximum atomic E-state index is 13.6. The van der Waals surface area contributed by atoms with Gasteiger partial charge in [-0.2, -0.15) is 0 Å². The lowest BCUT2D eigenvalue weighted by Crippen LogP contribution is -2.25. The van der Waals surface area contributed by atoms with Crippen LogP contribution in [0, 0.1) is 17.6 Å². The van der Waals surface area contributed by atoms with Crippen molar-refractivity contribution in [2.24, 2.45) is 5.92 Å². The van der Waals surface area contributed by atoms with Crippen molar-refractivity contribution in [3.05, 3.63) is 46.0 Å². The highest BCUT2D eigenvalue weighted by Gasteiger charge is 2.33. The number of carbonyl (C=O) groups is 3. The largest absolute Gasteiger partial charge is 0.481 e. The van der Waals surface area contributed by atoms with Crippen LogP contribution < -0.4 is 5.32 Å². The molecule has 0 unspecified atom stereocenters. The number of carboxylic acids is 1. The van der Waals surface area contributed by atoms with Crippen LogP contribution in [0.4, 0.5) is 13.9 Å². The Bertz CT molecular complexity index is 865. The molecular formula is C15H10F2N2O4S. The number of aliphatic carboxylic acids is 1. The number of amides is 1. The SMILES string of the molecule is O=C(Nc1nc2c(s1)C(=O)C[C@H](C(=O)O)C2)c1cccc(F)c1F. The lowest BCUT2D eigenvalue weighted by molar-refractivity contribution is -0.141. The van der Waals surface area contributed by atoms with Crippen molar-refractivity contribution < 1.29 is 28.3 Å². The minimum absolute atomic E-state index is 0.0352. The number of thiazole rings is 1. The molecule has 0 spiro atoms. The van der Waals surface area contributed by atoms with Crippen LogP contribution in [0.5, 0.6) is 0 Å². The van der Waals surface area contributed by atoms with Crippen molar-refractivity contribution in [2.75, 3.05) is 5.32 Å². The number of halogens is 2. The van der Waals surface area contributed by atoms with Crippen molar-refractivity contribution >= 4 is 34.1 Å². The minimum atomic E-state index is -1.28. The second-order valence-corrected chi connectivity index (χ2v) is 6.22. The van der Waals surface area contributed by atoms with E-state index in [1.807, 2.05) is 0 Å². The van der Waals surface area contributed by atoms with Gasteiger partial charge in [-0.25, -0.2) is 13.8 Å². The van der Waals surface area contributed by atoms with E-state index < -0.39 is 35.0 Å². The Morgan fingerprint density at radius 2 is 2.04 bits per heavy atom. The zero-order valence-corrected chi connectivity index (χ0v) is 12.8. The van der Waals surface area contributed by atoms with E-state index in [4.69, 9.17) is 5.11 Å². The summed E-state index contributed by atoms with van der Waals surface area (Å²) in [6, 6.07) is 3.20. The van der Waals surface area contributed by atoms with E-state index in [1.165, 1.54) is 6.07 Å². The average Bonchev–Trinajstić information content (AvgIpc) is 2.92. The Morgan fingerprint density at radius 1 is 1.29 bits per heavy atom. The van der Waals surface area contributed by atoms with E-state index in [-0.39, 0.29) is 28.6 Å². The maximum Gasteiger partial charge on any atom is 0.307 e. The normalized spacial score (nSPS) is 16.6. The lowest BCUT2D eigenvalue weighted by atomic mass is 9.90. The highest BCUT2D eigenvalue weighted by atomic mass is 32.1. The summed E-state index contributed by atoms with van der Waals surface area (Å²) in [5.41, 5.74) is -0.198. The predicted octanol–water partition coefficient (Wildman–Crippen LogP) is 2.50. The third-order valence-electron chi connectivity index (χ3n) is 3.59. The first-order valence-corrected chi connectivity index (χ1v) is 7.69. The number of hydrogen-bond donors (Lipinski definition) is 2. The van der Waals surface area contributed by atoms with Crippen LogP contribution in [-0.2, 0) is 11.2 Å². The first-order chi connectivity index (χ1) is 11.4. The summed E-state index contributed by atoms with van der Waals surface area (Å²) >= 11 is 0.889. The second kappa shape index (κ2) is 6.08. The Kier molecular flexibility index (Phi) is 4.10. The zero-order valence-electron chi connectivity index (χ0n) is 12.0. The number of rotatable bonds is 3. The van der Waals surface area contributed by atoms with Gasteiger partial charge >= 0.3 is 5.97 Å². The Hall–Kier alpha value is -2.68. The Labute approximate surface area is 138 Å². The second-order valence-electron chi connectivity index (χ2n) is 5.22. The van der Waals surface area contributed by atoms with E-state index in [0.29, 0.717) is 5.69 Å². The van der Waals surface area contributed by atoms with E-state index in [0.717, 1.165) is 23.5 Å². The fourth-order valence-electron chi connectivity index (χ4n) is 2.40. The molecule has 1 aliphatic rings. The number of ketones is 1. The van der Waals surface area contributed by atoms with Crippen molar-refractivity contribution in [3.8, 4) is 0 Å². The van der Waals surface area contributed by atoms with Crippen molar-refractivity contribution in [2.45, 2.75) is 12.8 Å². The van der Waals surface area contributed by atoms with Gasteiger partial charge in [-0.3, -0.25) is 19.7 Å². The molecule has 0 fully saturated rings. The number of nitrogens with one attached hydrogen (secondary N) is 1. The number of hydrogen-bond acceptors (Lipinski definition) is 5. The number of carboxylic acid groups (broad SMARTS) is 1. The van der Waals surface area contributed by atoms with Gasteiger partial charge in [0.05, 0.1) is 22.1 Å². The van der Waals surface area contributed by atoms with Gasteiger partial charge in [0.2, 0.25) is 0 Å².